The number of hydrogen-bond donors (Lipinski definition) is 0. The summed E-state index contributed by atoms with van der Waals surface area (Å²) in [5.74, 6) is 0.624. The summed E-state index contributed by atoms with van der Waals surface area (Å²) in [5.41, 5.74) is 4.32. The summed E-state index contributed by atoms with van der Waals surface area (Å²) in [6.45, 7) is 1.57. The third-order valence-corrected chi connectivity index (χ3v) is 5.91. The molecule has 1 heteroatoms. The van der Waals surface area contributed by atoms with E-state index in [9.17, 15) is 0 Å². The van der Waals surface area contributed by atoms with Crippen LogP contribution in [0.2, 0.25) is 0 Å². The van der Waals surface area contributed by atoms with Gasteiger partial charge in [-0.25, -0.2) is 0 Å². The first-order valence-corrected chi connectivity index (χ1v) is 9.92. The molecule has 0 amide bonds. The molecule has 5 rings (SSSR count). The minimum atomic E-state index is 0.624. The molecule has 1 nitrogen and oxygen atoms in total. The zero-order valence-electron chi connectivity index (χ0n) is 15.5. The standard InChI is InChI=1S/C26H24O/c1-2-6-19(7-3-1)17-27-18-20-10-13-24-22(16-20)12-15-25-23-9-5-4-8-21(23)11-14-26(24)25/h1-9,11-12,14-15,20H,10,13,16-18H2. The second-order valence-electron chi connectivity index (χ2n) is 7.69. The Kier molecular flexibility index (Phi) is 4.39. The molecule has 0 bridgehead atoms. The molecule has 0 radical (unpaired) electrons. The van der Waals surface area contributed by atoms with Crippen LogP contribution in [-0.2, 0) is 24.2 Å². The van der Waals surface area contributed by atoms with E-state index in [0.717, 1.165) is 19.4 Å². The smallest absolute Gasteiger partial charge is 0.0717 e. The number of aryl methyl sites for hydroxylation is 1. The number of benzene rings is 4. The van der Waals surface area contributed by atoms with Crippen LogP contribution in [0.1, 0.15) is 23.1 Å². The van der Waals surface area contributed by atoms with E-state index < -0.39 is 0 Å². The van der Waals surface area contributed by atoms with Gasteiger partial charge in [0.15, 0.2) is 0 Å². The molecule has 0 saturated carbocycles. The lowest BCUT2D eigenvalue weighted by Gasteiger charge is -2.26. The molecular weight excluding hydrogens is 328 g/mol. The van der Waals surface area contributed by atoms with Crippen LogP contribution < -0.4 is 0 Å². The first-order valence-electron chi connectivity index (χ1n) is 9.92. The van der Waals surface area contributed by atoms with Gasteiger partial charge < -0.3 is 4.74 Å². The van der Waals surface area contributed by atoms with E-state index >= 15 is 0 Å². The third kappa shape index (κ3) is 3.24. The van der Waals surface area contributed by atoms with Gasteiger partial charge in [0.05, 0.1) is 13.2 Å². The van der Waals surface area contributed by atoms with Crippen molar-refractivity contribution in [3.05, 3.63) is 95.6 Å². The van der Waals surface area contributed by atoms with Gasteiger partial charge in [0.1, 0.15) is 0 Å². The van der Waals surface area contributed by atoms with Gasteiger partial charge in [-0.3, -0.25) is 0 Å². The van der Waals surface area contributed by atoms with Crippen molar-refractivity contribution in [3.8, 4) is 0 Å². The van der Waals surface area contributed by atoms with Gasteiger partial charge in [-0.05, 0) is 63.4 Å². The summed E-state index contributed by atoms with van der Waals surface area (Å²) in [6, 6.07) is 28.4. The van der Waals surface area contributed by atoms with Crippen molar-refractivity contribution in [2.45, 2.75) is 25.9 Å². The van der Waals surface area contributed by atoms with Crippen LogP contribution >= 0.6 is 0 Å². The van der Waals surface area contributed by atoms with Crippen molar-refractivity contribution in [2.24, 2.45) is 5.92 Å². The Morgan fingerprint density at radius 2 is 1.56 bits per heavy atom. The van der Waals surface area contributed by atoms with Crippen LogP contribution in [0.5, 0.6) is 0 Å². The molecule has 0 aromatic heterocycles. The molecular formula is C26H24O. The maximum atomic E-state index is 6.02. The SMILES string of the molecule is c1ccc(COCC2CCc3c(ccc4c3ccc3ccccc34)C2)cc1. The first kappa shape index (κ1) is 16.5. The van der Waals surface area contributed by atoms with Crippen LogP contribution in [0.4, 0.5) is 0 Å². The topological polar surface area (TPSA) is 9.23 Å². The zero-order valence-corrected chi connectivity index (χ0v) is 15.5. The highest BCUT2D eigenvalue weighted by Gasteiger charge is 2.21. The van der Waals surface area contributed by atoms with Crippen molar-refractivity contribution in [2.75, 3.05) is 6.61 Å². The first-order chi connectivity index (χ1) is 13.4. The van der Waals surface area contributed by atoms with E-state index in [-0.39, 0.29) is 0 Å². The molecule has 134 valence electrons. The van der Waals surface area contributed by atoms with Crippen molar-refractivity contribution < 1.29 is 4.74 Å². The highest BCUT2D eigenvalue weighted by Crippen LogP contribution is 2.34. The van der Waals surface area contributed by atoms with Crippen molar-refractivity contribution >= 4 is 21.5 Å². The summed E-state index contributed by atoms with van der Waals surface area (Å²) >= 11 is 0. The number of rotatable bonds is 4. The lowest BCUT2D eigenvalue weighted by molar-refractivity contribution is 0.0824. The number of hydrogen-bond acceptors (Lipinski definition) is 1. The number of ether oxygens (including phenoxy) is 1. The molecule has 4 aromatic carbocycles. The number of fused-ring (bicyclic) bond motifs is 5. The van der Waals surface area contributed by atoms with Crippen molar-refractivity contribution in [1.82, 2.24) is 0 Å². The predicted octanol–water partition coefficient (Wildman–Crippen LogP) is 6.31. The average Bonchev–Trinajstić information content (AvgIpc) is 2.74. The van der Waals surface area contributed by atoms with Gasteiger partial charge in [0.25, 0.3) is 0 Å². The van der Waals surface area contributed by atoms with Gasteiger partial charge >= 0.3 is 0 Å². The molecule has 1 aliphatic rings. The molecule has 0 N–H and O–H groups in total. The van der Waals surface area contributed by atoms with Crippen LogP contribution in [0.3, 0.4) is 0 Å². The van der Waals surface area contributed by atoms with Crippen molar-refractivity contribution in [1.29, 1.82) is 0 Å². The summed E-state index contributed by atoms with van der Waals surface area (Å²) in [5, 5.41) is 5.53. The molecule has 1 unspecified atom stereocenters. The summed E-state index contributed by atoms with van der Waals surface area (Å²) in [7, 11) is 0. The van der Waals surface area contributed by atoms with E-state index in [1.807, 2.05) is 0 Å². The zero-order chi connectivity index (χ0) is 18.1. The Labute approximate surface area is 160 Å². The van der Waals surface area contributed by atoms with E-state index in [1.165, 1.54) is 39.1 Å². The fourth-order valence-corrected chi connectivity index (χ4v) is 4.50. The third-order valence-electron chi connectivity index (χ3n) is 5.91. The van der Waals surface area contributed by atoms with Gasteiger partial charge in [0, 0.05) is 0 Å². The highest BCUT2D eigenvalue weighted by atomic mass is 16.5. The largest absolute Gasteiger partial charge is 0.376 e. The maximum Gasteiger partial charge on any atom is 0.0717 e. The molecule has 1 aliphatic carbocycles. The normalized spacial score (nSPS) is 16.5. The van der Waals surface area contributed by atoms with Gasteiger partial charge in [0.2, 0.25) is 0 Å². The Morgan fingerprint density at radius 3 is 2.48 bits per heavy atom. The molecule has 0 spiro atoms. The second kappa shape index (κ2) is 7.17. The molecule has 27 heavy (non-hydrogen) atoms. The van der Waals surface area contributed by atoms with Gasteiger partial charge in [-0.1, -0.05) is 78.9 Å². The van der Waals surface area contributed by atoms with Crippen LogP contribution in [0.15, 0.2) is 78.9 Å². The van der Waals surface area contributed by atoms with E-state index in [4.69, 9.17) is 4.74 Å². The minimum absolute atomic E-state index is 0.624. The molecule has 1 atom stereocenters. The molecule has 0 heterocycles. The van der Waals surface area contributed by atoms with Crippen LogP contribution in [-0.4, -0.2) is 6.61 Å². The second-order valence-corrected chi connectivity index (χ2v) is 7.69. The molecule has 0 saturated heterocycles. The highest BCUT2D eigenvalue weighted by molar-refractivity contribution is 6.08. The fourth-order valence-electron chi connectivity index (χ4n) is 4.50. The van der Waals surface area contributed by atoms with Crippen LogP contribution in [0.25, 0.3) is 21.5 Å². The van der Waals surface area contributed by atoms with Crippen molar-refractivity contribution in [3.63, 3.8) is 0 Å². The fraction of sp³-hybridized carbons (Fsp3) is 0.231. The lowest BCUT2D eigenvalue weighted by atomic mass is 9.81. The lowest BCUT2D eigenvalue weighted by Crippen LogP contribution is -2.19. The quantitative estimate of drug-likeness (QED) is 0.391. The Morgan fingerprint density at radius 1 is 0.741 bits per heavy atom. The monoisotopic (exact) mass is 352 g/mol. The van der Waals surface area contributed by atoms with Gasteiger partial charge in [-0.15, -0.1) is 0 Å². The van der Waals surface area contributed by atoms with E-state index in [1.54, 1.807) is 5.56 Å². The molecule has 0 fully saturated rings. The molecule has 4 aromatic rings. The van der Waals surface area contributed by atoms with E-state index in [0.29, 0.717) is 12.5 Å². The summed E-state index contributed by atoms with van der Waals surface area (Å²) < 4.78 is 6.02. The summed E-state index contributed by atoms with van der Waals surface area (Å²) in [6.07, 6.45) is 3.50. The van der Waals surface area contributed by atoms with Crippen LogP contribution in [0, 0.1) is 5.92 Å². The average molecular weight is 352 g/mol. The summed E-state index contributed by atoms with van der Waals surface area (Å²) in [4.78, 5) is 0. The minimum Gasteiger partial charge on any atom is -0.376 e. The maximum absolute atomic E-state index is 6.02. The Hall–Kier alpha value is -2.64. The van der Waals surface area contributed by atoms with E-state index in [2.05, 4.69) is 78.9 Å². The predicted molar refractivity (Wildman–Crippen MR) is 113 cm³/mol. The Bertz CT molecular complexity index is 1080. The molecule has 0 aliphatic heterocycles. The van der Waals surface area contributed by atoms with Gasteiger partial charge in [-0.2, -0.15) is 0 Å². The Balaban J connectivity index is 1.35.